The Morgan fingerprint density at radius 3 is 2.66 bits per heavy atom. The Morgan fingerprint density at radius 2 is 2.03 bits per heavy atom. The molecule has 0 bridgehead atoms. The number of carbonyl (C=O) groups excluding carboxylic acids is 2. The topological polar surface area (TPSA) is 151 Å². The van der Waals surface area contributed by atoms with Gasteiger partial charge in [-0.05, 0) is 19.1 Å². The summed E-state index contributed by atoms with van der Waals surface area (Å²) in [7, 11) is 1.39. The first-order chi connectivity index (χ1) is 14.0. The number of aldehydes is 1. The molecular formula is C18H18N6O5. The number of nitrogens with one attached hydrogen (secondary N) is 1. The third-order valence-corrected chi connectivity index (χ3v) is 4.03. The summed E-state index contributed by atoms with van der Waals surface area (Å²) in [6.45, 7) is 1.83. The van der Waals surface area contributed by atoms with Crippen LogP contribution in [0.4, 0.5) is 11.9 Å². The van der Waals surface area contributed by atoms with Gasteiger partial charge in [0.05, 0.1) is 18.1 Å². The fourth-order valence-corrected chi connectivity index (χ4v) is 2.70. The zero-order valence-corrected chi connectivity index (χ0v) is 15.7. The summed E-state index contributed by atoms with van der Waals surface area (Å²) in [5.41, 5.74) is 5.39. The summed E-state index contributed by atoms with van der Waals surface area (Å²) in [5, 5.41) is 2.86. The van der Waals surface area contributed by atoms with Gasteiger partial charge in [-0.2, -0.15) is 0 Å². The Kier molecular flexibility index (Phi) is 5.67. The maximum Gasteiger partial charge on any atom is 0.262 e. The first-order valence-corrected chi connectivity index (χ1v) is 8.57. The van der Waals surface area contributed by atoms with Gasteiger partial charge in [0.25, 0.3) is 11.5 Å². The van der Waals surface area contributed by atoms with Crippen molar-refractivity contribution in [2.75, 3.05) is 24.8 Å². The molecule has 1 aromatic carbocycles. The van der Waals surface area contributed by atoms with Gasteiger partial charge in [0, 0.05) is 18.9 Å². The third kappa shape index (κ3) is 3.83. The van der Waals surface area contributed by atoms with Crippen LogP contribution in [0.15, 0.2) is 29.3 Å². The lowest BCUT2D eigenvalue weighted by Gasteiger charge is -2.15. The largest absolute Gasteiger partial charge is 0.491 e. The van der Waals surface area contributed by atoms with Gasteiger partial charge in [-0.25, -0.2) is 15.0 Å². The van der Waals surface area contributed by atoms with E-state index in [-0.39, 0.29) is 58.6 Å². The number of methoxy groups -OCH3 is 1. The number of nitrogens with zero attached hydrogens (tertiary/aromatic N) is 4. The number of anilines is 2. The van der Waals surface area contributed by atoms with Crippen molar-refractivity contribution in [2.45, 2.75) is 13.5 Å². The first-order valence-electron chi connectivity index (χ1n) is 8.57. The van der Waals surface area contributed by atoms with E-state index in [0.29, 0.717) is 6.29 Å². The van der Waals surface area contributed by atoms with Crippen molar-refractivity contribution in [1.82, 2.24) is 19.5 Å². The monoisotopic (exact) mass is 398 g/mol. The van der Waals surface area contributed by atoms with Gasteiger partial charge in [-0.3, -0.25) is 24.3 Å². The lowest BCUT2D eigenvalue weighted by Crippen LogP contribution is -2.27. The van der Waals surface area contributed by atoms with Crippen LogP contribution >= 0.6 is 0 Å². The van der Waals surface area contributed by atoms with E-state index >= 15 is 0 Å². The summed E-state index contributed by atoms with van der Waals surface area (Å²) in [6, 6.07) is 3.05. The van der Waals surface area contributed by atoms with Gasteiger partial charge in [0.15, 0.2) is 17.8 Å². The minimum absolute atomic E-state index is 0.0117. The van der Waals surface area contributed by atoms with Crippen LogP contribution in [0.5, 0.6) is 11.5 Å². The summed E-state index contributed by atoms with van der Waals surface area (Å²) in [5.74, 6) is -0.0969. The number of rotatable bonds is 7. The number of nitrogen functional groups attached to an aromatic ring is 1. The molecule has 0 saturated heterocycles. The number of fused-ring (bicyclic) bond motifs is 1. The van der Waals surface area contributed by atoms with Gasteiger partial charge < -0.3 is 15.2 Å². The van der Waals surface area contributed by atoms with E-state index in [2.05, 4.69) is 20.3 Å². The van der Waals surface area contributed by atoms with E-state index in [1.807, 2.05) is 0 Å². The summed E-state index contributed by atoms with van der Waals surface area (Å²) in [4.78, 5) is 48.0. The molecule has 11 nitrogen and oxygen atoms in total. The van der Waals surface area contributed by atoms with Crippen molar-refractivity contribution in [3.8, 4) is 11.5 Å². The number of hydrogen-bond acceptors (Lipinski definition) is 9. The standard InChI is InChI=1S/C18H18N6O5/c1-3-24-16(27)11-4-5-12(29-7-6-25)14(28-2)13(11)22-18(24)23-15(26)10-8-20-17(19)21-9-10/h4-6,8-9H,3,7H2,1-2H3,(H2,19,20,21)(H,22,23,26). The molecule has 2 aromatic heterocycles. The number of carbonyl (C=O) groups is 2. The summed E-state index contributed by atoms with van der Waals surface area (Å²) >= 11 is 0. The highest BCUT2D eigenvalue weighted by Gasteiger charge is 2.19. The molecule has 150 valence electrons. The van der Waals surface area contributed by atoms with Crippen molar-refractivity contribution in [3.05, 3.63) is 40.4 Å². The number of amides is 1. The quantitative estimate of drug-likeness (QED) is 0.546. The Labute approximate surface area is 164 Å². The Bertz CT molecular complexity index is 1130. The average Bonchev–Trinajstić information content (AvgIpc) is 2.72. The first kappa shape index (κ1) is 19.7. The Balaban J connectivity index is 2.12. The van der Waals surface area contributed by atoms with Crippen LogP contribution in [0, 0.1) is 0 Å². The van der Waals surface area contributed by atoms with E-state index in [1.165, 1.54) is 36.2 Å². The summed E-state index contributed by atoms with van der Waals surface area (Å²) in [6.07, 6.45) is 3.12. The highest BCUT2D eigenvalue weighted by Crippen LogP contribution is 2.33. The third-order valence-electron chi connectivity index (χ3n) is 4.03. The van der Waals surface area contributed by atoms with E-state index < -0.39 is 5.91 Å². The second-order valence-corrected chi connectivity index (χ2v) is 5.74. The fourth-order valence-electron chi connectivity index (χ4n) is 2.70. The molecule has 0 radical (unpaired) electrons. The number of hydrogen-bond donors (Lipinski definition) is 2. The molecule has 0 fully saturated rings. The van der Waals surface area contributed by atoms with Gasteiger partial charge in [0.1, 0.15) is 12.1 Å². The number of nitrogens with two attached hydrogens (primary N) is 1. The predicted molar refractivity (Wildman–Crippen MR) is 104 cm³/mol. The van der Waals surface area contributed by atoms with Crippen molar-refractivity contribution < 1.29 is 19.1 Å². The second kappa shape index (κ2) is 8.33. The minimum Gasteiger partial charge on any atom is -0.491 e. The smallest absolute Gasteiger partial charge is 0.262 e. The van der Waals surface area contributed by atoms with Crippen molar-refractivity contribution in [3.63, 3.8) is 0 Å². The normalized spacial score (nSPS) is 10.6. The predicted octanol–water partition coefficient (Wildman–Crippen LogP) is 0.627. The molecule has 3 aromatic rings. The number of ether oxygens (including phenoxy) is 2. The van der Waals surface area contributed by atoms with E-state index in [1.54, 1.807) is 6.92 Å². The second-order valence-electron chi connectivity index (χ2n) is 5.74. The van der Waals surface area contributed by atoms with Crippen molar-refractivity contribution in [1.29, 1.82) is 0 Å². The molecule has 29 heavy (non-hydrogen) atoms. The Hall–Kier alpha value is -4.02. The highest BCUT2D eigenvalue weighted by molar-refractivity contribution is 6.03. The number of aromatic nitrogens is 4. The van der Waals surface area contributed by atoms with Crippen molar-refractivity contribution in [2.24, 2.45) is 0 Å². The lowest BCUT2D eigenvalue weighted by molar-refractivity contribution is -0.109. The van der Waals surface area contributed by atoms with E-state index in [4.69, 9.17) is 15.2 Å². The van der Waals surface area contributed by atoms with Crippen LogP contribution in [0.25, 0.3) is 10.9 Å². The van der Waals surface area contributed by atoms with Crippen LogP contribution in [-0.2, 0) is 11.3 Å². The summed E-state index contributed by atoms with van der Waals surface area (Å²) < 4.78 is 12.0. The average molecular weight is 398 g/mol. The fraction of sp³-hybridized carbons (Fsp3) is 0.222. The highest BCUT2D eigenvalue weighted by atomic mass is 16.5. The maximum atomic E-state index is 12.9. The molecule has 3 N–H and O–H groups in total. The molecule has 0 spiro atoms. The zero-order chi connectivity index (χ0) is 21.0. The molecule has 0 unspecified atom stereocenters. The molecule has 1 amide bonds. The lowest BCUT2D eigenvalue weighted by atomic mass is 10.2. The molecule has 0 aliphatic carbocycles. The molecule has 0 saturated carbocycles. The minimum atomic E-state index is -0.564. The maximum absolute atomic E-state index is 12.9. The van der Waals surface area contributed by atoms with E-state index in [0.717, 1.165) is 0 Å². The van der Waals surface area contributed by atoms with Crippen molar-refractivity contribution >= 4 is 35.0 Å². The van der Waals surface area contributed by atoms with Crippen LogP contribution < -0.4 is 26.1 Å². The van der Waals surface area contributed by atoms with Gasteiger partial charge in [-0.15, -0.1) is 0 Å². The van der Waals surface area contributed by atoms with E-state index in [9.17, 15) is 14.4 Å². The van der Waals surface area contributed by atoms with Gasteiger partial charge >= 0.3 is 0 Å². The SMILES string of the molecule is CCn1c(NC(=O)c2cnc(N)nc2)nc2c(OC)c(OCC=O)ccc2c1=O. The number of benzene rings is 1. The molecule has 0 aliphatic heterocycles. The van der Waals surface area contributed by atoms with Gasteiger partial charge in [0.2, 0.25) is 11.9 Å². The van der Waals surface area contributed by atoms with Crippen LogP contribution in [0.3, 0.4) is 0 Å². The van der Waals surface area contributed by atoms with Crippen LogP contribution in [-0.4, -0.2) is 45.4 Å². The molecule has 2 heterocycles. The zero-order valence-electron chi connectivity index (χ0n) is 15.7. The molecule has 0 atom stereocenters. The molecule has 11 heteroatoms. The Morgan fingerprint density at radius 1 is 1.31 bits per heavy atom. The van der Waals surface area contributed by atoms with Gasteiger partial charge in [-0.1, -0.05) is 0 Å². The van der Waals surface area contributed by atoms with Crippen LogP contribution in [0.1, 0.15) is 17.3 Å². The van der Waals surface area contributed by atoms with Crippen LogP contribution in [0.2, 0.25) is 0 Å². The molecular weight excluding hydrogens is 380 g/mol. The molecule has 0 aliphatic rings. The molecule has 3 rings (SSSR count).